The van der Waals surface area contributed by atoms with Crippen LogP contribution in [-0.2, 0) is 25.6 Å². The van der Waals surface area contributed by atoms with Gasteiger partial charge in [0, 0.05) is 106 Å². The quantitative estimate of drug-likeness (QED) is 0.0105. The molecule has 49 heavy (non-hydrogen) atoms. The molecule has 0 bridgehead atoms. The van der Waals surface area contributed by atoms with Gasteiger partial charge in [0.15, 0.2) is 29.0 Å². The summed E-state index contributed by atoms with van der Waals surface area (Å²) in [6.07, 6.45) is 0.698. The molecular formula is C30H38I4N10O5. The molecule has 2 amide bonds. The monoisotopic (exact) mass is 1130 g/mol. The Bertz CT molecular complexity index is 1520. The van der Waals surface area contributed by atoms with Gasteiger partial charge in [-0.1, -0.05) is 77.2 Å². The van der Waals surface area contributed by atoms with Gasteiger partial charge in [0.1, 0.15) is 6.04 Å². The maximum atomic E-state index is 13.9. The molecule has 19 heteroatoms. The lowest BCUT2D eigenvalue weighted by molar-refractivity contribution is -0.133. The van der Waals surface area contributed by atoms with Crippen LogP contribution in [0.2, 0.25) is 0 Å². The number of benzene rings is 2. The molecule has 12 N–H and O–H groups in total. The van der Waals surface area contributed by atoms with Crippen molar-refractivity contribution in [2.45, 2.75) is 53.9 Å². The Morgan fingerprint density at radius 1 is 0.837 bits per heavy atom. The molecule has 2 rings (SSSR count). The highest BCUT2D eigenvalue weighted by Crippen LogP contribution is 2.30. The highest BCUT2D eigenvalue weighted by Gasteiger charge is 2.52. The predicted octanol–water partition coefficient (Wildman–Crippen LogP) is 1.87. The van der Waals surface area contributed by atoms with Gasteiger partial charge in [-0.3, -0.25) is 40.1 Å². The van der Waals surface area contributed by atoms with E-state index in [1.54, 1.807) is 93.7 Å². The molecule has 0 aliphatic rings. The molecule has 0 radical (unpaired) electrons. The zero-order valence-electron chi connectivity index (χ0n) is 26.3. The van der Waals surface area contributed by atoms with E-state index < -0.39 is 40.7 Å². The van der Waals surface area contributed by atoms with E-state index in [0.717, 1.165) is 0 Å². The average Bonchev–Trinajstić information content (AvgIpc) is 3.04. The number of guanidine groups is 2. The molecule has 4 unspecified atom stereocenters. The van der Waals surface area contributed by atoms with Gasteiger partial charge in [-0.15, -0.1) is 0 Å². The summed E-state index contributed by atoms with van der Waals surface area (Å²) >= 11 is 7.00. The molecule has 2 aromatic carbocycles. The molecule has 0 aliphatic carbocycles. The van der Waals surface area contributed by atoms with Crippen molar-refractivity contribution in [2.75, 3.05) is 13.1 Å². The van der Waals surface area contributed by atoms with Crippen LogP contribution in [0.3, 0.4) is 0 Å². The second-order valence-electron chi connectivity index (χ2n) is 10.9. The van der Waals surface area contributed by atoms with Gasteiger partial charge in [0.05, 0.1) is 3.92 Å². The number of hydrogen-bond donors (Lipinski definition) is 10. The topological polar surface area (TPSA) is 257 Å². The molecule has 0 aliphatic heterocycles. The van der Waals surface area contributed by atoms with E-state index >= 15 is 0 Å². The van der Waals surface area contributed by atoms with E-state index in [2.05, 4.69) is 30.1 Å². The van der Waals surface area contributed by atoms with Crippen molar-refractivity contribution in [1.29, 1.82) is 10.8 Å². The maximum Gasteiger partial charge on any atom is 0.244 e. The van der Waals surface area contributed by atoms with E-state index in [4.69, 9.17) is 22.3 Å². The fourth-order valence-corrected chi connectivity index (χ4v) is 8.41. The van der Waals surface area contributed by atoms with Crippen molar-refractivity contribution in [3.8, 4) is 0 Å². The number of halogens is 4. The Labute approximate surface area is 339 Å². The Hall–Kier alpha value is -2.23. The summed E-state index contributed by atoms with van der Waals surface area (Å²) in [5.41, 5.74) is 8.93. The second kappa shape index (κ2) is 20.6. The number of rotatable bonds is 20. The van der Waals surface area contributed by atoms with Crippen LogP contribution in [0.1, 0.15) is 47.7 Å². The summed E-state index contributed by atoms with van der Waals surface area (Å²) in [4.78, 5) is 66.2. The molecule has 0 aromatic heterocycles. The van der Waals surface area contributed by atoms with Crippen LogP contribution in [0.15, 0.2) is 54.6 Å². The molecule has 4 atom stereocenters. The second-order valence-corrected chi connectivity index (χ2v) is 14.9. The van der Waals surface area contributed by atoms with E-state index in [0.29, 0.717) is 23.1 Å². The fraction of sp³-hybridized carbons (Fsp3) is 0.367. The van der Waals surface area contributed by atoms with Crippen molar-refractivity contribution in [1.82, 2.24) is 30.1 Å². The van der Waals surface area contributed by atoms with Crippen LogP contribution >= 0.6 is 90.6 Å². The molecular weight excluding hydrogens is 1090 g/mol. The van der Waals surface area contributed by atoms with Gasteiger partial charge in [0.2, 0.25) is 19.4 Å². The van der Waals surface area contributed by atoms with Crippen molar-refractivity contribution < 1.29 is 24.0 Å². The van der Waals surface area contributed by atoms with Crippen LogP contribution in [0.25, 0.3) is 0 Å². The Morgan fingerprint density at radius 3 is 1.92 bits per heavy atom. The van der Waals surface area contributed by atoms with Crippen LogP contribution in [0.5, 0.6) is 0 Å². The first-order valence-electron chi connectivity index (χ1n) is 14.7. The van der Waals surface area contributed by atoms with Gasteiger partial charge in [-0.25, -0.2) is 3.53 Å². The number of alkyl halides is 1. The Balaban J connectivity index is 2.53. The molecule has 15 nitrogen and oxygen atoms in total. The van der Waals surface area contributed by atoms with Gasteiger partial charge in [-0.2, -0.15) is 0 Å². The van der Waals surface area contributed by atoms with Gasteiger partial charge in [0.25, 0.3) is 0 Å². The third kappa shape index (κ3) is 13.1. The van der Waals surface area contributed by atoms with E-state index in [1.807, 2.05) is 51.5 Å². The highest BCUT2D eigenvalue weighted by molar-refractivity contribution is 14.1. The third-order valence-electron chi connectivity index (χ3n) is 7.12. The van der Waals surface area contributed by atoms with Gasteiger partial charge < -0.3 is 32.7 Å². The predicted molar refractivity (Wildman–Crippen MR) is 221 cm³/mol. The third-order valence-corrected chi connectivity index (χ3v) is 11.4. The number of carbonyl (C=O) groups is 5. The largest absolute Gasteiger partial charge is 0.370 e. The summed E-state index contributed by atoms with van der Waals surface area (Å²) in [5, 5.41) is 28.8. The summed E-state index contributed by atoms with van der Waals surface area (Å²) in [6.45, 7) is 1.69. The number of hydrogen-bond acceptors (Lipinski definition) is 9. The van der Waals surface area contributed by atoms with E-state index in [1.165, 1.54) is 6.92 Å². The van der Waals surface area contributed by atoms with Gasteiger partial charge >= 0.3 is 0 Å². The van der Waals surface area contributed by atoms with E-state index in [9.17, 15) is 24.0 Å². The number of ketones is 1. The van der Waals surface area contributed by atoms with Gasteiger partial charge in [-0.05, 0) is 24.8 Å². The zero-order chi connectivity index (χ0) is 36.8. The van der Waals surface area contributed by atoms with Crippen molar-refractivity contribution in [2.24, 2.45) is 11.5 Å². The maximum absolute atomic E-state index is 13.9. The zero-order valence-corrected chi connectivity index (χ0v) is 34.9. The summed E-state index contributed by atoms with van der Waals surface area (Å²) in [5.74, 6) is -1.85. The first kappa shape index (κ1) is 42.9. The number of nitrogens with two attached hydrogens (primary N) is 2. The lowest BCUT2D eigenvalue weighted by atomic mass is 9.94. The normalized spacial score (nSPS) is 14.6. The van der Waals surface area contributed by atoms with Crippen molar-refractivity contribution >= 4 is 128 Å². The summed E-state index contributed by atoms with van der Waals surface area (Å²) < 4.78 is 1.28. The smallest absolute Gasteiger partial charge is 0.244 e. The van der Waals surface area contributed by atoms with Crippen LogP contribution in [0.4, 0.5) is 0 Å². The fourth-order valence-electron chi connectivity index (χ4n) is 4.71. The summed E-state index contributed by atoms with van der Waals surface area (Å²) in [7, 11) is 0. The van der Waals surface area contributed by atoms with Crippen molar-refractivity contribution in [3.05, 3.63) is 71.3 Å². The molecule has 0 fully saturated rings. The lowest BCUT2D eigenvalue weighted by Gasteiger charge is -2.44. The molecule has 0 heterocycles. The lowest BCUT2D eigenvalue weighted by Crippen LogP contribution is -2.78. The Kier molecular flexibility index (Phi) is 18.0. The molecule has 0 saturated carbocycles. The van der Waals surface area contributed by atoms with Crippen LogP contribution in [-0.4, -0.2) is 71.5 Å². The van der Waals surface area contributed by atoms with Crippen molar-refractivity contribution in [3.63, 3.8) is 0 Å². The Morgan fingerprint density at radius 2 is 1.41 bits per heavy atom. The van der Waals surface area contributed by atoms with E-state index in [-0.39, 0.29) is 50.1 Å². The van der Waals surface area contributed by atoms with Crippen LogP contribution in [0, 0.1) is 10.8 Å². The minimum absolute atomic E-state index is 0.0000422. The first-order valence-corrected chi connectivity index (χ1v) is 19.2. The minimum atomic E-state index is -1.90. The first-order chi connectivity index (χ1) is 23.1. The SMILES string of the molecule is CC(=O)NC(CCCNC(=N)N)C(=O)NC(NC(Cc1ccc(C(=O)c2ccccc2)cc1)(NI)C(=O)I)(C(=O)I)C(I)CCNC(=N)N. The minimum Gasteiger partial charge on any atom is -0.370 e. The molecule has 266 valence electrons. The highest BCUT2D eigenvalue weighted by atomic mass is 127. The molecule has 0 spiro atoms. The van der Waals surface area contributed by atoms with Crippen LogP contribution < -0.4 is 41.6 Å². The number of nitrogens with one attached hydrogen (secondary N) is 8. The molecule has 2 aromatic rings. The number of carbonyl (C=O) groups excluding carboxylic acids is 5. The number of amides is 2. The molecule has 0 saturated heterocycles. The standard InChI is InChI=1S/C30H38I4N10O5/c1-17(45)41-21(8-5-14-39-27(35)36)24(47)42-30(26(33)49,22(31)13-15-40-28(37)38)43-29(44-34,25(32)48)16-18-9-11-20(12-10-18)23(46)19-6-3-2-4-7-19/h2-4,6-7,9-12,21-22,43-44H,5,8,13-16H2,1H3,(H,41,45)(H,42,47)(H4,35,36,39)(H4,37,38,40). The summed E-state index contributed by atoms with van der Waals surface area (Å²) in [6, 6.07) is 14.5. The average molecular weight is 1130 g/mol.